The van der Waals surface area contributed by atoms with Crippen molar-refractivity contribution in [3.8, 4) is 0 Å². The van der Waals surface area contributed by atoms with Gasteiger partial charge in [0.05, 0.1) is 31.5 Å². The number of hydrogen-bond acceptors (Lipinski definition) is 6. The lowest BCUT2D eigenvalue weighted by molar-refractivity contribution is -0.138. The fourth-order valence-electron chi connectivity index (χ4n) is 1.36. The van der Waals surface area contributed by atoms with E-state index in [1.165, 1.54) is 18.2 Å². The Kier molecular flexibility index (Phi) is 5.28. The molecular weight excluding hydrogens is 266 g/mol. The van der Waals surface area contributed by atoms with E-state index in [0.717, 1.165) is 20.3 Å². The van der Waals surface area contributed by atoms with Gasteiger partial charge in [-0.2, -0.15) is 0 Å². The van der Waals surface area contributed by atoms with Crippen molar-refractivity contribution < 1.29 is 29.0 Å². The zero-order chi connectivity index (χ0) is 15.1. The number of carbonyl (C=O) groups excluding carboxylic acids is 2. The summed E-state index contributed by atoms with van der Waals surface area (Å²) >= 11 is 0. The minimum atomic E-state index is -1.17. The minimum Gasteiger partial charge on any atom is -0.478 e. The van der Waals surface area contributed by atoms with Gasteiger partial charge in [0.2, 0.25) is 0 Å². The molecule has 1 aromatic rings. The number of para-hydroxylation sites is 1. The van der Waals surface area contributed by atoms with Crippen LogP contribution in [-0.4, -0.2) is 37.2 Å². The molecule has 0 radical (unpaired) electrons. The molecule has 0 unspecified atom stereocenters. The van der Waals surface area contributed by atoms with Crippen LogP contribution in [0.5, 0.6) is 0 Å². The standard InChI is InChI=1S/C13H13NO6/c1-19-11(15)7-10(13(18)20-2)14-9-6-4-3-5-8(9)12(16)17/h3-7,14H,1-2H3,(H,16,17). The van der Waals surface area contributed by atoms with Gasteiger partial charge in [-0.05, 0) is 12.1 Å². The van der Waals surface area contributed by atoms with Crippen LogP contribution in [0.4, 0.5) is 5.69 Å². The maximum Gasteiger partial charge on any atom is 0.354 e. The highest BCUT2D eigenvalue weighted by atomic mass is 16.5. The normalized spacial score (nSPS) is 10.6. The van der Waals surface area contributed by atoms with Crippen molar-refractivity contribution in [2.24, 2.45) is 0 Å². The summed E-state index contributed by atoms with van der Waals surface area (Å²) in [7, 11) is 2.29. The number of methoxy groups -OCH3 is 2. The lowest BCUT2D eigenvalue weighted by Gasteiger charge is -2.11. The molecule has 0 aliphatic heterocycles. The van der Waals surface area contributed by atoms with E-state index in [9.17, 15) is 14.4 Å². The summed E-state index contributed by atoms with van der Waals surface area (Å²) in [6, 6.07) is 5.94. The van der Waals surface area contributed by atoms with Crippen LogP contribution >= 0.6 is 0 Å². The lowest BCUT2D eigenvalue weighted by atomic mass is 10.1. The number of nitrogens with one attached hydrogen (secondary N) is 1. The summed E-state index contributed by atoms with van der Waals surface area (Å²) in [5, 5.41) is 11.6. The molecule has 0 aliphatic carbocycles. The Bertz CT molecular complexity index is 564. The molecule has 1 rings (SSSR count). The zero-order valence-corrected chi connectivity index (χ0v) is 10.9. The van der Waals surface area contributed by atoms with Crippen LogP contribution in [0.15, 0.2) is 36.0 Å². The Hall–Kier alpha value is -2.83. The molecule has 0 atom stereocenters. The molecule has 106 valence electrons. The van der Waals surface area contributed by atoms with Crippen LogP contribution < -0.4 is 5.32 Å². The summed E-state index contributed by atoms with van der Waals surface area (Å²) in [5.41, 5.74) is -0.124. The fraction of sp³-hybridized carbons (Fsp3) is 0.154. The second-order valence-corrected chi connectivity index (χ2v) is 3.55. The Morgan fingerprint density at radius 3 is 2.35 bits per heavy atom. The van der Waals surface area contributed by atoms with Crippen molar-refractivity contribution in [3.63, 3.8) is 0 Å². The quantitative estimate of drug-likeness (QED) is 0.613. The third-order valence-electron chi connectivity index (χ3n) is 2.30. The first-order chi connectivity index (χ1) is 9.49. The van der Waals surface area contributed by atoms with E-state index in [4.69, 9.17) is 5.11 Å². The highest BCUT2D eigenvalue weighted by molar-refractivity contribution is 6.01. The molecule has 20 heavy (non-hydrogen) atoms. The second kappa shape index (κ2) is 6.93. The van der Waals surface area contributed by atoms with Crippen molar-refractivity contribution in [2.75, 3.05) is 19.5 Å². The zero-order valence-electron chi connectivity index (χ0n) is 10.9. The van der Waals surface area contributed by atoms with Crippen molar-refractivity contribution in [3.05, 3.63) is 41.6 Å². The maximum atomic E-state index is 11.5. The summed E-state index contributed by atoms with van der Waals surface area (Å²) in [6.07, 6.45) is 0.879. The number of esters is 2. The monoisotopic (exact) mass is 279 g/mol. The van der Waals surface area contributed by atoms with E-state index in [-0.39, 0.29) is 16.9 Å². The predicted octanol–water partition coefficient (Wildman–Crippen LogP) is 1.03. The van der Waals surface area contributed by atoms with Crippen LogP contribution in [0.25, 0.3) is 0 Å². The molecule has 0 heterocycles. The predicted molar refractivity (Wildman–Crippen MR) is 69.1 cm³/mol. The Morgan fingerprint density at radius 2 is 1.80 bits per heavy atom. The number of rotatable bonds is 5. The van der Waals surface area contributed by atoms with Crippen molar-refractivity contribution in [2.45, 2.75) is 0 Å². The van der Waals surface area contributed by atoms with E-state index < -0.39 is 17.9 Å². The Balaban J connectivity index is 3.14. The van der Waals surface area contributed by atoms with Crippen molar-refractivity contribution in [1.29, 1.82) is 0 Å². The molecule has 0 fully saturated rings. The number of carboxylic acid groups (broad SMARTS) is 1. The van der Waals surface area contributed by atoms with E-state index in [1.54, 1.807) is 6.07 Å². The van der Waals surface area contributed by atoms with Gasteiger partial charge >= 0.3 is 17.9 Å². The molecule has 0 saturated heterocycles. The SMILES string of the molecule is COC(=O)C=C(Nc1ccccc1C(=O)O)C(=O)OC. The van der Waals surface area contributed by atoms with Gasteiger partial charge in [0.1, 0.15) is 5.70 Å². The first-order valence-corrected chi connectivity index (χ1v) is 5.47. The smallest absolute Gasteiger partial charge is 0.354 e. The molecule has 0 amide bonds. The molecule has 0 spiro atoms. The van der Waals surface area contributed by atoms with Crippen molar-refractivity contribution in [1.82, 2.24) is 0 Å². The first-order valence-electron chi connectivity index (χ1n) is 5.47. The summed E-state index contributed by atoms with van der Waals surface area (Å²) < 4.78 is 8.92. The number of aromatic carboxylic acids is 1. The average Bonchev–Trinajstić information content (AvgIpc) is 2.45. The van der Waals surface area contributed by atoms with Gasteiger partial charge in [-0.1, -0.05) is 12.1 Å². The lowest BCUT2D eigenvalue weighted by Crippen LogP contribution is -2.17. The molecule has 7 heteroatoms. The van der Waals surface area contributed by atoms with E-state index in [2.05, 4.69) is 14.8 Å². The van der Waals surface area contributed by atoms with Crippen LogP contribution in [0.2, 0.25) is 0 Å². The Morgan fingerprint density at radius 1 is 1.15 bits per heavy atom. The average molecular weight is 279 g/mol. The molecule has 0 aromatic heterocycles. The fourth-order valence-corrected chi connectivity index (χ4v) is 1.36. The van der Waals surface area contributed by atoms with Gasteiger partial charge in [-0.25, -0.2) is 14.4 Å². The number of carboxylic acids is 1. The highest BCUT2D eigenvalue weighted by Crippen LogP contribution is 2.17. The van der Waals surface area contributed by atoms with Gasteiger partial charge in [-0.3, -0.25) is 0 Å². The summed E-state index contributed by atoms with van der Waals surface area (Å²) in [6.45, 7) is 0. The number of hydrogen-bond donors (Lipinski definition) is 2. The maximum absolute atomic E-state index is 11.5. The van der Waals surface area contributed by atoms with Crippen LogP contribution in [0, 0.1) is 0 Å². The topological polar surface area (TPSA) is 102 Å². The first kappa shape index (κ1) is 15.2. The van der Waals surface area contributed by atoms with Crippen LogP contribution in [-0.2, 0) is 19.1 Å². The molecule has 0 saturated carbocycles. The molecule has 0 bridgehead atoms. The third-order valence-corrected chi connectivity index (χ3v) is 2.30. The van der Waals surface area contributed by atoms with Crippen LogP contribution in [0.3, 0.4) is 0 Å². The largest absolute Gasteiger partial charge is 0.478 e. The van der Waals surface area contributed by atoms with Crippen LogP contribution in [0.1, 0.15) is 10.4 Å². The van der Waals surface area contributed by atoms with Gasteiger partial charge in [-0.15, -0.1) is 0 Å². The molecule has 7 nitrogen and oxygen atoms in total. The number of ether oxygens (including phenoxy) is 2. The number of anilines is 1. The van der Waals surface area contributed by atoms with E-state index >= 15 is 0 Å². The van der Waals surface area contributed by atoms with Gasteiger partial charge < -0.3 is 19.9 Å². The summed E-state index contributed by atoms with van der Waals surface area (Å²) in [5.74, 6) is -2.77. The highest BCUT2D eigenvalue weighted by Gasteiger charge is 2.16. The van der Waals surface area contributed by atoms with Gasteiger partial charge in [0.15, 0.2) is 0 Å². The van der Waals surface area contributed by atoms with Gasteiger partial charge in [0, 0.05) is 0 Å². The number of benzene rings is 1. The van der Waals surface area contributed by atoms with E-state index in [0.29, 0.717) is 0 Å². The van der Waals surface area contributed by atoms with Crippen molar-refractivity contribution >= 4 is 23.6 Å². The molecule has 0 aliphatic rings. The van der Waals surface area contributed by atoms with Gasteiger partial charge in [0.25, 0.3) is 0 Å². The number of carbonyl (C=O) groups is 3. The minimum absolute atomic E-state index is 0.0489. The Labute approximate surface area is 114 Å². The molecule has 1 aromatic carbocycles. The third kappa shape index (κ3) is 3.84. The molecular formula is C13H13NO6. The molecule has 2 N–H and O–H groups in total. The summed E-state index contributed by atoms with van der Waals surface area (Å²) in [4.78, 5) is 33.8. The second-order valence-electron chi connectivity index (χ2n) is 3.55. The van der Waals surface area contributed by atoms with E-state index in [1.807, 2.05) is 0 Å².